The van der Waals surface area contributed by atoms with Gasteiger partial charge in [-0.2, -0.15) is 0 Å². The largest absolute Gasteiger partial charge is 0.340 e. The van der Waals surface area contributed by atoms with Crippen molar-refractivity contribution in [3.8, 4) is 0 Å². The number of likely N-dealkylation sites (N-methyl/N-ethyl adjacent to an activating group) is 1. The van der Waals surface area contributed by atoms with E-state index >= 15 is 0 Å². The summed E-state index contributed by atoms with van der Waals surface area (Å²) in [6.07, 6.45) is 0. The number of rotatable bonds is 4. The summed E-state index contributed by atoms with van der Waals surface area (Å²) < 4.78 is 0. The van der Waals surface area contributed by atoms with E-state index in [4.69, 9.17) is 5.73 Å². The van der Waals surface area contributed by atoms with Gasteiger partial charge >= 0.3 is 0 Å². The molecule has 0 aliphatic rings. The van der Waals surface area contributed by atoms with Crippen LogP contribution in [0.1, 0.15) is 10.4 Å². The van der Waals surface area contributed by atoms with E-state index in [2.05, 4.69) is 0 Å². The molecular weight excluding hydrogens is 210 g/mol. The molecule has 0 spiro atoms. The van der Waals surface area contributed by atoms with Crippen LogP contribution >= 0.6 is 0 Å². The van der Waals surface area contributed by atoms with Crippen LogP contribution in [0.15, 0.2) is 24.3 Å². The fraction of sp³-hybridized carbons (Fsp3) is 0.300. The van der Waals surface area contributed by atoms with Crippen molar-refractivity contribution in [1.82, 2.24) is 4.90 Å². The highest BCUT2D eigenvalue weighted by Gasteiger charge is 2.14. The number of carbonyl (C=O) groups excluding carboxylic acids is 1. The summed E-state index contributed by atoms with van der Waals surface area (Å²) in [5.41, 5.74) is 5.53. The van der Waals surface area contributed by atoms with Gasteiger partial charge in [0.05, 0.1) is 4.92 Å². The van der Waals surface area contributed by atoms with Crippen LogP contribution in [0.5, 0.6) is 0 Å². The molecule has 6 heteroatoms. The van der Waals surface area contributed by atoms with Gasteiger partial charge in [-0.05, 0) is 6.07 Å². The predicted molar refractivity (Wildman–Crippen MR) is 59.1 cm³/mol. The molecule has 0 aliphatic heterocycles. The fourth-order valence-electron chi connectivity index (χ4n) is 1.27. The number of nitro groups is 1. The van der Waals surface area contributed by atoms with Crippen molar-refractivity contribution >= 4 is 11.6 Å². The van der Waals surface area contributed by atoms with E-state index in [1.54, 1.807) is 13.1 Å². The topological polar surface area (TPSA) is 89.5 Å². The molecule has 0 fully saturated rings. The van der Waals surface area contributed by atoms with Crippen LogP contribution in [0.4, 0.5) is 5.69 Å². The van der Waals surface area contributed by atoms with Crippen LogP contribution in [0.2, 0.25) is 0 Å². The molecule has 1 amide bonds. The van der Waals surface area contributed by atoms with Gasteiger partial charge in [-0.15, -0.1) is 0 Å². The maximum absolute atomic E-state index is 11.8. The molecule has 0 heterocycles. The average molecular weight is 223 g/mol. The van der Waals surface area contributed by atoms with Crippen LogP contribution in [-0.4, -0.2) is 35.9 Å². The Morgan fingerprint density at radius 3 is 2.81 bits per heavy atom. The van der Waals surface area contributed by atoms with Crippen molar-refractivity contribution in [1.29, 1.82) is 0 Å². The van der Waals surface area contributed by atoms with Crippen molar-refractivity contribution in [2.45, 2.75) is 0 Å². The first-order valence-corrected chi connectivity index (χ1v) is 4.76. The number of nitrogens with zero attached hydrogens (tertiary/aromatic N) is 2. The summed E-state index contributed by atoms with van der Waals surface area (Å²) in [4.78, 5) is 23.2. The Balaban J connectivity index is 2.91. The first-order chi connectivity index (χ1) is 7.56. The molecule has 86 valence electrons. The molecule has 0 saturated heterocycles. The van der Waals surface area contributed by atoms with Crippen molar-refractivity contribution in [3.63, 3.8) is 0 Å². The summed E-state index contributed by atoms with van der Waals surface area (Å²) in [6.45, 7) is 0.776. The van der Waals surface area contributed by atoms with Crippen LogP contribution in [0.3, 0.4) is 0 Å². The monoisotopic (exact) mass is 223 g/mol. The number of non-ortho nitro benzene ring substituents is 1. The SMILES string of the molecule is CN(CCN)C(=O)c1cccc([N+](=O)[O-])c1. The van der Waals surface area contributed by atoms with Gasteiger partial charge < -0.3 is 10.6 Å². The molecule has 1 rings (SSSR count). The first-order valence-electron chi connectivity index (χ1n) is 4.76. The average Bonchev–Trinajstić information content (AvgIpc) is 2.28. The molecule has 0 bridgehead atoms. The Bertz CT molecular complexity index is 406. The normalized spacial score (nSPS) is 9.88. The number of amides is 1. The Morgan fingerprint density at radius 1 is 1.56 bits per heavy atom. The minimum Gasteiger partial charge on any atom is -0.340 e. The molecule has 0 radical (unpaired) electrons. The summed E-state index contributed by atoms with van der Waals surface area (Å²) in [7, 11) is 1.61. The lowest BCUT2D eigenvalue weighted by molar-refractivity contribution is -0.384. The van der Waals surface area contributed by atoms with Crippen molar-refractivity contribution < 1.29 is 9.72 Å². The molecule has 16 heavy (non-hydrogen) atoms. The number of nitro benzene ring substituents is 1. The van der Waals surface area contributed by atoms with E-state index in [1.165, 1.54) is 23.1 Å². The van der Waals surface area contributed by atoms with E-state index in [1.807, 2.05) is 0 Å². The Morgan fingerprint density at radius 2 is 2.25 bits per heavy atom. The number of carbonyl (C=O) groups is 1. The van der Waals surface area contributed by atoms with Gasteiger partial charge in [-0.25, -0.2) is 0 Å². The summed E-state index contributed by atoms with van der Waals surface area (Å²) >= 11 is 0. The lowest BCUT2D eigenvalue weighted by Gasteiger charge is -2.15. The quantitative estimate of drug-likeness (QED) is 0.598. The van der Waals surface area contributed by atoms with Crippen molar-refractivity contribution in [2.75, 3.05) is 20.1 Å². The molecule has 1 aromatic carbocycles. The Hall–Kier alpha value is -1.95. The van der Waals surface area contributed by atoms with Crippen molar-refractivity contribution in [3.05, 3.63) is 39.9 Å². The van der Waals surface area contributed by atoms with E-state index in [9.17, 15) is 14.9 Å². The summed E-state index contributed by atoms with van der Waals surface area (Å²) in [6, 6.07) is 5.64. The number of hydrogen-bond donors (Lipinski definition) is 1. The zero-order valence-corrected chi connectivity index (χ0v) is 8.92. The minimum absolute atomic E-state index is 0.0907. The van der Waals surface area contributed by atoms with Crippen LogP contribution in [0, 0.1) is 10.1 Å². The second-order valence-electron chi connectivity index (χ2n) is 3.32. The highest BCUT2D eigenvalue weighted by molar-refractivity contribution is 5.94. The Kier molecular flexibility index (Phi) is 3.96. The molecule has 0 aliphatic carbocycles. The standard InChI is InChI=1S/C10H13N3O3/c1-12(6-5-11)10(14)8-3-2-4-9(7-8)13(15)16/h2-4,7H,5-6,11H2,1H3. The Labute approximate surface area is 92.8 Å². The van der Waals surface area contributed by atoms with Crippen molar-refractivity contribution in [2.24, 2.45) is 5.73 Å². The van der Waals surface area contributed by atoms with E-state index < -0.39 is 4.92 Å². The third-order valence-electron chi connectivity index (χ3n) is 2.12. The van der Waals surface area contributed by atoms with E-state index in [-0.39, 0.29) is 11.6 Å². The number of nitrogens with two attached hydrogens (primary N) is 1. The summed E-state index contributed by atoms with van der Waals surface area (Å²) in [5, 5.41) is 10.5. The van der Waals surface area contributed by atoms with Gasteiger partial charge in [-0.3, -0.25) is 14.9 Å². The van der Waals surface area contributed by atoms with Gasteiger partial charge in [0.1, 0.15) is 0 Å². The van der Waals surface area contributed by atoms with Gasteiger partial charge in [0.15, 0.2) is 0 Å². The molecule has 6 nitrogen and oxygen atoms in total. The highest BCUT2D eigenvalue weighted by atomic mass is 16.6. The lowest BCUT2D eigenvalue weighted by atomic mass is 10.2. The number of benzene rings is 1. The smallest absolute Gasteiger partial charge is 0.270 e. The second-order valence-corrected chi connectivity index (χ2v) is 3.32. The predicted octanol–water partition coefficient (Wildman–Crippen LogP) is 0.625. The van der Waals surface area contributed by atoms with Gasteiger partial charge in [0.2, 0.25) is 0 Å². The van der Waals surface area contributed by atoms with Gasteiger partial charge in [0.25, 0.3) is 11.6 Å². The molecule has 0 atom stereocenters. The second kappa shape index (κ2) is 5.22. The minimum atomic E-state index is -0.528. The van der Waals surface area contributed by atoms with Crippen LogP contribution in [-0.2, 0) is 0 Å². The zero-order chi connectivity index (χ0) is 12.1. The molecular formula is C10H13N3O3. The molecule has 0 aromatic heterocycles. The van der Waals surface area contributed by atoms with Gasteiger partial charge in [-0.1, -0.05) is 6.07 Å². The summed E-state index contributed by atoms with van der Waals surface area (Å²) in [5.74, 6) is -0.269. The lowest BCUT2D eigenvalue weighted by Crippen LogP contribution is -2.31. The highest BCUT2D eigenvalue weighted by Crippen LogP contribution is 2.14. The first kappa shape index (κ1) is 12.1. The van der Waals surface area contributed by atoms with Crippen LogP contribution in [0.25, 0.3) is 0 Å². The fourth-order valence-corrected chi connectivity index (χ4v) is 1.27. The molecule has 2 N–H and O–H groups in total. The third kappa shape index (κ3) is 2.77. The maximum Gasteiger partial charge on any atom is 0.270 e. The number of hydrogen-bond acceptors (Lipinski definition) is 4. The van der Waals surface area contributed by atoms with E-state index in [0.717, 1.165) is 0 Å². The third-order valence-corrected chi connectivity index (χ3v) is 2.12. The maximum atomic E-state index is 11.8. The van der Waals surface area contributed by atoms with Crippen LogP contribution < -0.4 is 5.73 Å². The zero-order valence-electron chi connectivity index (χ0n) is 8.92. The molecule has 0 unspecified atom stereocenters. The van der Waals surface area contributed by atoms with E-state index in [0.29, 0.717) is 18.7 Å². The molecule has 0 saturated carbocycles. The van der Waals surface area contributed by atoms with Gasteiger partial charge in [0, 0.05) is 37.8 Å². The molecule has 1 aromatic rings.